The predicted molar refractivity (Wildman–Crippen MR) is 68.4 cm³/mol. The van der Waals surface area contributed by atoms with E-state index in [0.717, 1.165) is 0 Å². The van der Waals surface area contributed by atoms with Crippen LogP contribution in [-0.2, 0) is 11.3 Å². The number of nitrogens with two attached hydrogens (primary N) is 1. The summed E-state index contributed by atoms with van der Waals surface area (Å²) in [6.07, 6.45) is 3.04. The van der Waals surface area contributed by atoms with Crippen molar-refractivity contribution in [3.63, 3.8) is 0 Å². The maximum absolute atomic E-state index is 11.7. The predicted octanol–water partition coefficient (Wildman–Crippen LogP) is 1.44. The smallest absolute Gasteiger partial charge is 0.340 e. The van der Waals surface area contributed by atoms with Crippen molar-refractivity contribution in [1.82, 2.24) is 10.1 Å². The van der Waals surface area contributed by atoms with E-state index in [9.17, 15) is 4.79 Å². The van der Waals surface area contributed by atoms with Crippen LogP contribution >= 0.6 is 0 Å². The summed E-state index contributed by atoms with van der Waals surface area (Å²) >= 11 is 0. The molecule has 2 aromatic heterocycles. The van der Waals surface area contributed by atoms with Crippen LogP contribution in [0.1, 0.15) is 23.0 Å². The first kappa shape index (κ1) is 12.9. The minimum atomic E-state index is -0.467. The van der Waals surface area contributed by atoms with Gasteiger partial charge in [0.25, 0.3) is 0 Å². The van der Waals surface area contributed by atoms with E-state index in [1.54, 1.807) is 19.2 Å². The number of ether oxygens (including phenoxy) is 1. The van der Waals surface area contributed by atoms with Crippen LogP contribution in [-0.4, -0.2) is 22.7 Å². The van der Waals surface area contributed by atoms with Gasteiger partial charge in [-0.2, -0.15) is 0 Å². The Balaban J connectivity index is 2.13. The zero-order chi connectivity index (χ0) is 13.7. The fraction of sp³-hybridized carbons (Fsp3) is 0.250. The van der Waals surface area contributed by atoms with E-state index in [4.69, 9.17) is 15.0 Å². The zero-order valence-electron chi connectivity index (χ0n) is 10.4. The molecule has 0 aliphatic carbocycles. The molecule has 0 bridgehead atoms. The quantitative estimate of drug-likeness (QED) is 0.786. The van der Waals surface area contributed by atoms with Crippen molar-refractivity contribution >= 4 is 17.5 Å². The molecule has 0 unspecified atom stereocenters. The van der Waals surface area contributed by atoms with Crippen molar-refractivity contribution in [2.24, 2.45) is 0 Å². The van der Waals surface area contributed by atoms with E-state index < -0.39 is 5.97 Å². The summed E-state index contributed by atoms with van der Waals surface area (Å²) in [7, 11) is 0. The summed E-state index contributed by atoms with van der Waals surface area (Å²) in [5, 5.41) is 6.56. The van der Waals surface area contributed by atoms with Gasteiger partial charge in [0.05, 0.1) is 30.6 Å². The first-order chi connectivity index (χ1) is 9.22. The molecule has 7 nitrogen and oxygen atoms in total. The molecule has 0 saturated heterocycles. The van der Waals surface area contributed by atoms with Gasteiger partial charge in [0.15, 0.2) is 5.76 Å². The van der Waals surface area contributed by atoms with E-state index >= 15 is 0 Å². The third kappa shape index (κ3) is 3.01. The third-order valence-corrected chi connectivity index (χ3v) is 2.41. The van der Waals surface area contributed by atoms with Crippen LogP contribution in [0.5, 0.6) is 0 Å². The fourth-order valence-corrected chi connectivity index (χ4v) is 1.51. The molecule has 0 amide bonds. The summed E-state index contributed by atoms with van der Waals surface area (Å²) < 4.78 is 9.85. The average molecular weight is 262 g/mol. The number of nitrogens with one attached hydrogen (secondary N) is 1. The lowest BCUT2D eigenvalue weighted by Crippen LogP contribution is -2.11. The highest BCUT2D eigenvalue weighted by atomic mass is 16.5. The molecule has 2 heterocycles. The molecule has 0 radical (unpaired) electrons. The van der Waals surface area contributed by atoms with Gasteiger partial charge in [-0.05, 0) is 13.0 Å². The maximum atomic E-state index is 11.7. The van der Waals surface area contributed by atoms with Crippen molar-refractivity contribution in [2.75, 3.05) is 17.7 Å². The van der Waals surface area contributed by atoms with Crippen molar-refractivity contribution < 1.29 is 14.1 Å². The molecule has 0 atom stereocenters. The highest BCUT2D eigenvalue weighted by molar-refractivity contribution is 5.97. The molecule has 0 fully saturated rings. The topological polar surface area (TPSA) is 103 Å². The molecule has 3 N–H and O–H groups in total. The SMILES string of the molecule is CCOC(=O)c1ccnc(NCc2ccno2)c1N. The van der Waals surface area contributed by atoms with Crippen LogP contribution < -0.4 is 11.1 Å². The number of pyridine rings is 1. The van der Waals surface area contributed by atoms with Gasteiger partial charge in [-0.1, -0.05) is 5.16 Å². The number of aromatic nitrogens is 2. The maximum Gasteiger partial charge on any atom is 0.340 e. The Morgan fingerprint density at radius 2 is 2.32 bits per heavy atom. The van der Waals surface area contributed by atoms with Crippen LogP contribution in [0.3, 0.4) is 0 Å². The van der Waals surface area contributed by atoms with Gasteiger partial charge in [-0.25, -0.2) is 9.78 Å². The Morgan fingerprint density at radius 3 is 3.00 bits per heavy atom. The number of hydrogen-bond acceptors (Lipinski definition) is 7. The van der Waals surface area contributed by atoms with Gasteiger partial charge < -0.3 is 20.3 Å². The van der Waals surface area contributed by atoms with Gasteiger partial charge >= 0.3 is 5.97 Å². The second kappa shape index (κ2) is 5.85. The molecule has 0 saturated carbocycles. The first-order valence-electron chi connectivity index (χ1n) is 5.77. The lowest BCUT2D eigenvalue weighted by atomic mass is 10.2. The molecule has 0 spiro atoms. The molecule has 100 valence electrons. The number of rotatable bonds is 5. The van der Waals surface area contributed by atoms with Crippen molar-refractivity contribution in [3.8, 4) is 0 Å². The van der Waals surface area contributed by atoms with Crippen LogP contribution in [0.15, 0.2) is 29.0 Å². The molecule has 19 heavy (non-hydrogen) atoms. The molecule has 0 aliphatic rings. The first-order valence-corrected chi connectivity index (χ1v) is 5.77. The number of carbonyl (C=O) groups excluding carboxylic acids is 1. The normalized spacial score (nSPS) is 10.2. The number of esters is 1. The highest BCUT2D eigenvalue weighted by Gasteiger charge is 2.14. The van der Waals surface area contributed by atoms with E-state index in [1.807, 2.05) is 0 Å². The largest absolute Gasteiger partial charge is 0.462 e. The molecule has 0 aromatic carbocycles. The number of carbonyl (C=O) groups is 1. The van der Waals surface area contributed by atoms with Crippen LogP contribution in [0.2, 0.25) is 0 Å². The average Bonchev–Trinajstić information content (AvgIpc) is 2.91. The van der Waals surface area contributed by atoms with Crippen molar-refractivity contribution in [1.29, 1.82) is 0 Å². The Bertz CT molecular complexity index is 554. The van der Waals surface area contributed by atoms with Gasteiger partial charge in [0.1, 0.15) is 5.82 Å². The van der Waals surface area contributed by atoms with E-state index in [0.29, 0.717) is 24.7 Å². The second-order valence-corrected chi connectivity index (χ2v) is 3.67. The van der Waals surface area contributed by atoms with Gasteiger partial charge in [0.2, 0.25) is 0 Å². The number of hydrogen-bond donors (Lipinski definition) is 2. The van der Waals surface area contributed by atoms with Gasteiger partial charge in [-0.15, -0.1) is 0 Å². The molecule has 7 heteroatoms. The van der Waals surface area contributed by atoms with Crippen LogP contribution in [0.4, 0.5) is 11.5 Å². The summed E-state index contributed by atoms with van der Waals surface area (Å²) in [5.74, 6) is 0.579. The summed E-state index contributed by atoms with van der Waals surface area (Å²) in [6, 6.07) is 3.24. The van der Waals surface area contributed by atoms with Gasteiger partial charge in [0, 0.05) is 12.3 Å². The summed E-state index contributed by atoms with van der Waals surface area (Å²) in [6.45, 7) is 2.41. The van der Waals surface area contributed by atoms with E-state index in [2.05, 4.69) is 15.5 Å². The third-order valence-electron chi connectivity index (χ3n) is 2.41. The Hall–Kier alpha value is -2.57. The van der Waals surface area contributed by atoms with Crippen molar-refractivity contribution in [2.45, 2.75) is 13.5 Å². The van der Waals surface area contributed by atoms with E-state index in [1.165, 1.54) is 12.3 Å². The molecular weight excluding hydrogens is 248 g/mol. The Morgan fingerprint density at radius 1 is 1.47 bits per heavy atom. The highest BCUT2D eigenvalue weighted by Crippen LogP contribution is 2.21. The lowest BCUT2D eigenvalue weighted by Gasteiger charge is -2.10. The minimum absolute atomic E-state index is 0.250. The van der Waals surface area contributed by atoms with Crippen LogP contribution in [0.25, 0.3) is 0 Å². The zero-order valence-corrected chi connectivity index (χ0v) is 10.4. The van der Waals surface area contributed by atoms with E-state index in [-0.39, 0.29) is 11.3 Å². The molecular formula is C12H14N4O3. The fourth-order valence-electron chi connectivity index (χ4n) is 1.51. The second-order valence-electron chi connectivity index (χ2n) is 3.67. The Kier molecular flexibility index (Phi) is 3.97. The number of anilines is 2. The molecule has 2 rings (SSSR count). The number of nitrogens with zero attached hydrogens (tertiary/aromatic N) is 2. The molecule has 2 aromatic rings. The Labute approximate surface area is 109 Å². The van der Waals surface area contributed by atoms with Gasteiger partial charge in [-0.3, -0.25) is 0 Å². The van der Waals surface area contributed by atoms with Crippen molar-refractivity contribution in [3.05, 3.63) is 35.9 Å². The van der Waals surface area contributed by atoms with Crippen LogP contribution in [0, 0.1) is 0 Å². The molecule has 0 aliphatic heterocycles. The minimum Gasteiger partial charge on any atom is -0.462 e. The lowest BCUT2D eigenvalue weighted by molar-refractivity contribution is 0.0527. The summed E-state index contributed by atoms with van der Waals surface area (Å²) in [5.41, 5.74) is 6.42. The summed E-state index contributed by atoms with van der Waals surface area (Å²) in [4.78, 5) is 15.7. The standard InChI is InChI=1S/C12H14N4O3/c1-2-18-12(17)9-4-5-14-11(10(9)13)15-7-8-3-6-16-19-8/h3-6H,2,7,13H2,1H3,(H,14,15). The number of nitrogen functional groups attached to an aromatic ring is 1. The monoisotopic (exact) mass is 262 g/mol.